The van der Waals surface area contributed by atoms with E-state index in [0.717, 1.165) is 18.5 Å². The average molecular weight is 387 g/mol. The quantitative estimate of drug-likeness (QED) is 0.758. The van der Waals surface area contributed by atoms with E-state index < -0.39 is 0 Å². The Morgan fingerprint density at radius 3 is 2.52 bits per heavy atom. The highest BCUT2D eigenvalue weighted by Crippen LogP contribution is 2.33. The normalized spacial score (nSPS) is 14.0. The van der Waals surface area contributed by atoms with Crippen LogP contribution in [0, 0.1) is 12.7 Å². The summed E-state index contributed by atoms with van der Waals surface area (Å²) in [5, 5.41) is 6.37. The molecule has 142 valence electrons. The molecule has 1 saturated heterocycles. The van der Waals surface area contributed by atoms with Crippen LogP contribution in [0.1, 0.15) is 24.8 Å². The van der Waals surface area contributed by atoms with E-state index in [-0.39, 0.29) is 11.7 Å². The van der Waals surface area contributed by atoms with E-state index in [1.54, 1.807) is 37.1 Å². The lowest BCUT2D eigenvalue weighted by molar-refractivity contribution is -0.119. The summed E-state index contributed by atoms with van der Waals surface area (Å²) in [6.45, 7) is 2.38. The molecule has 0 aliphatic carbocycles. The molecule has 1 fully saturated rings. The largest absolute Gasteiger partial charge is 0.495 e. The molecule has 2 aromatic rings. The van der Waals surface area contributed by atoms with Crippen molar-refractivity contribution in [1.29, 1.82) is 0 Å². The standard InChI is InChI=1S/C20H22FN3O2S/c1-13-6-7-14(11-16(13)21)22-20(27)23-15-8-9-18(26-2)17(12-15)24-10-4-3-5-19(24)25/h6-9,11-12H,3-5,10H2,1-2H3,(H2,22,23,27). The number of rotatable bonds is 4. The molecule has 2 N–H and O–H groups in total. The first-order chi connectivity index (χ1) is 13.0. The summed E-state index contributed by atoms with van der Waals surface area (Å²) in [4.78, 5) is 14.0. The van der Waals surface area contributed by atoms with Crippen molar-refractivity contribution in [2.75, 3.05) is 29.2 Å². The third-order valence-electron chi connectivity index (χ3n) is 4.48. The molecule has 3 rings (SSSR count). The third-order valence-corrected chi connectivity index (χ3v) is 4.68. The number of methoxy groups -OCH3 is 1. The van der Waals surface area contributed by atoms with Gasteiger partial charge in [0.2, 0.25) is 5.91 Å². The van der Waals surface area contributed by atoms with Crippen molar-refractivity contribution in [2.24, 2.45) is 0 Å². The number of nitrogens with one attached hydrogen (secondary N) is 2. The lowest BCUT2D eigenvalue weighted by atomic mass is 10.1. The molecule has 1 aliphatic rings. The number of carbonyl (C=O) groups excluding carboxylic acids is 1. The van der Waals surface area contributed by atoms with Gasteiger partial charge in [-0.25, -0.2) is 4.39 Å². The number of benzene rings is 2. The van der Waals surface area contributed by atoms with Crippen LogP contribution in [-0.4, -0.2) is 24.7 Å². The Kier molecular flexibility index (Phi) is 5.91. The van der Waals surface area contributed by atoms with E-state index in [0.29, 0.717) is 40.8 Å². The van der Waals surface area contributed by atoms with Crippen molar-refractivity contribution < 1.29 is 13.9 Å². The van der Waals surface area contributed by atoms with E-state index in [9.17, 15) is 9.18 Å². The van der Waals surface area contributed by atoms with E-state index in [2.05, 4.69) is 10.6 Å². The summed E-state index contributed by atoms with van der Waals surface area (Å²) in [7, 11) is 1.58. The second-order valence-corrected chi connectivity index (χ2v) is 6.84. The van der Waals surface area contributed by atoms with Crippen LogP contribution < -0.4 is 20.3 Å². The Balaban J connectivity index is 1.76. The Bertz CT molecular complexity index is 872. The molecule has 0 spiro atoms. The second-order valence-electron chi connectivity index (χ2n) is 6.43. The lowest BCUT2D eigenvalue weighted by Crippen LogP contribution is -2.35. The van der Waals surface area contributed by atoms with Crippen molar-refractivity contribution >= 4 is 40.3 Å². The monoisotopic (exact) mass is 387 g/mol. The van der Waals surface area contributed by atoms with Gasteiger partial charge < -0.3 is 20.3 Å². The van der Waals surface area contributed by atoms with Crippen molar-refractivity contribution in [3.8, 4) is 5.75 Å². The molecule has 1 heterocycles. The Morgan fingerprint density at radius 1 is 1.15 bits per heavy atom. The molecule has 27 heavy (non-hydrogen) atoms. The molecule has 5 nitrogen and oxygen atoms in total. The maximum absolute atomic E-state index is 13.7. The minimum absolute atomic E-state index is 0.0903. The number of halogens is 1. The van der Waals surface area contributed by atoms with Gasteiger partial charge in [0.1, 0.15) is 11.6 Å². The van der Waals surface area contributed by atoms with Gasteiger partial charge in [-0.15, -0.1) is 0 Å². The fourth-order valence-corrected chi connectivity index (χ4v) is 3.24. The number of piperidine rings is 1. The topological polar surface area (TPSA) is 53.6 Å². The van der Waals surface area contributed by atoms with Gasteiger partial charge in [0, 0.05) is 24.3 Å². The number of hydrogen-bond acceptors (Lipinski definition) is 3. The first kappa shape index (κ1) is 19.1. The predicted octanol–water partition coefficient (Wildman–Crippen LogP) is 4.47. The number of carbonyl (C=O) groups is 1. The Hall–Kier alpha value is -2.67. The summed E-state index contributed by atoms with van der Waals surface area (Å²) < 4.78 is 19.1. The van der Waals surface area contributed by atoms with E-state index in [4.69, 9.17) is 17.0 Å². The van der Waals surface area contributed by atoms with Crippen LogP contribution in [0.4, 0.5) is 21.5 Å². The fourth-order valence-electron chi connectivity index (χ4n) is 3.00. The number of aryl methyl sites for hydroxylation is 1. The number of thiocarbonyl (C=S) groups is 1. The number of anilines is 3. The molecule has 0 radical (unpaired) electrons. The van der Waals surface area contributed by atoms with E-state index >= 15 is 0 Å². The highest BCUT2D eigenvalue weighted by Gasteiger charge is 2.23. The van der Waals surface area contributed by atoms with Gasteiger partial charge in [-0.1, -0.05) is 6.07 Å². The first-order valence-electron chi connectivity index (χ1n) is 8.80. The third kappa shape index (κ3) is 4.54. The molecule has 0 bridgehead atoms. The zero-order valence-corrected chi connectivity index (χ0v) is 16.2. The van der Waals surface area contributed by atoms with Gasteiger partial charge in [-0.2, -0.15) is 0 Å². The number of amides is 1. The summed E-state index contributed by atoms with van der Waals surface area (Å²) >= 11 is 5.32. The van der Waals surface area contributed by atoms with Crippen molar-refractivity contribution in [3.05, 3.63) is 47.8 Å². The number of ether oxygens (including phenoxy) is 1. The number of nitrogens with zero attached hydrogens (tertiary/aromatic N) is 1. The maximum Gasteiger partial charge on any atom is 0.227 e. The van der Waals surface area contributed by atoms with Crippen LogP contribution in [0.15, 0.2) is 36.4 Å². The van der Waals surface area contributed by atoms with Crippen LogP contribution in [0.5, 0.6) is 5.75 Å². The minimum Gasteiger partial charge on any atom is -0.495 e. The molecule has 7 heteroatoms. The molecule has 0 unspecified atom stereocenters. The molecular formula is C20H22FN3O2S. The van der Waals surface area contributed by atoms with E-state index in [1.807, 2.05) is 12.1 Å². The molecule has 2 aromatic carbocycles. The predicted molar refractivity (Wildman–Crippen MR) is 110 cm³/mol. The van der Waals surface area contributed by atoms with Gasteiger partial charge in [0.05, 0.1) is 12.8 Å². The van der Waals surface area contributed by atoms with Gasteiger partial charge >= 0.3 is 0 Å². The van der Waals surface area contributed by atoms with Crippen LogP contribution >= 0.6 is 12.2 Å². The van der Waals surface area contributed by atoms with Crippen LogP contribution in [0.3, 0.4) is 0 Å². The Morgan fingerprint density at radius 2 is 1.85 bits per heavy atom. The zero-order valence-electron chi connectivity index (χ0n) is 15.3. The molecule has 0 saturated carbocycles. The summed E-state index contributed by atoms with van der Waals surface area (Å²) in [5.74, 6) is 0.431. The highest BCUT2D eigenvalue weighted by molar-refractivity contribution is 7.80. The lowest BCUT2D eigenvalue weighted by Gasteiger charge is -2.28. The SMILES string of the molecule is COc1ccc(NC(=S)Nc2ccc(C)c(F)c2)cc1N1CCCCC1=O. The van der Waals surface area contributed by atoms with Crippen LogP contribution in [-0.2, 0) is 4.79 Å². The molecule has 1 amide bonds. The average Bonchev–Trinajstić information content (AvgIpc) is 2.65. The van der Waals surface area contributed by atoms with Crippen molar-refractivity contribution in [1.82, 2.24) is 0 Å². The van der Waals surface area contributed by atoms with Crippen molar-refractivity contribution in [3.63, 3.8) is 0 Å². The summed E-state index contributed by atoms with van der Waals surface area (Å²) in [6, 6.07) is 10.3. The van der Waals surface area contributed by atoms with Gasteiger partial charge in [-0.3, -0.25) is 4.79 Å². The summed E-state index contributed by atoms with van der Waals surface area (Å²) in [5.41, 5.74) is 2.58. The second kappa shape index (κ2) is 8.35. The molecular weight excluding hydrogens is 365 g/mol. The van der Waals surface area contributed by atoms with Gasteiger partial charge in [0.15, 0.2) is 5.11 Å². The molecule has 0 atom stereocenters. The van der Waals surface area contributed by atoms with Crippen LogP contribution in [0.2, 0.25) is 0 Å². The minimum atomic E-state index is -0.293. The number of hydrogen-bond donors (Lipinski definition) is 2. The summed E-state index contributed by atoms with van der Waals surface area (Å²) in [6.07, 6.45) is 2.42. The molecule has 1 aliphatic heterocycles. The van der Waals surface area contributed by atoms with E-state index in [1.165, 1.54) is 6.07 Å². The Labute approximate surface area is 163 Å². The highest BCUT2D eigenvalue weighted by atomic mass is 32.1. The maximum atomic E-state index is 13.7. The van der Waals surface area contributed by atoms with Gasteiger partial charge in [-0.05, 0) is 67.9 Å². The van der Waals surface area contributed by atoms with Crippen molar-refractivity contribution in [2.45, 2.75) is 26.2 Å². The smallest absolute Gasteiger partial charge is 0.227 e. The molecule has 0 aromatic heterocycles. The fraction of sp³-hybridized carbons (Fsp3) is 0.300. The van der Waals surface area contributed by atoms with Crippen LogP contribution in [0.25, 0.3) is 0 Å². The zero-order chi connectivity index (χ0) is 19.4. The van der Waals surface area contributed by atoms with Gasteiger partial charge in [0.25, 0.3) is 0 Å². The first-order valence-corrected chi connectivity index (χ1v) is 9.21.